The summed E-state index contributed by atoms with van der Waals surface area (Å²) in [5.74, 6) is -0.168. The maximum atomic E-state index is 12.0. The van der Waals surface area contributed by atoms with Crippen molar-refractivity contribution in [3.05, 3.63) is 35.4 Å². The Balaban J connectivity index is 1.62. The average Bonchev–Trinajstić information content (AvgIpc) is 3.24. The molecule has 2 aliphatic carbocycles. The standard InChI is InChI=1S/C16H18N2O2/c17-10-15(8-9-15)13-4-2-12(3-5-13)14(19)18-11-16(20)6-1-7-16/h2-5,20H,1,6-9,11H2,(H,18,19). The zero-order valence-corrected chi connectivity index (χ0v) is 11.4. The van der Waals surface area contributed by atoms with Crippen molar-refractivity contribution in [3.63, 3.8) is 0 Å². The first-order chi connectivity index (χ1) is 9.57. The monoisotopic (exact) mass is 270 g/mol. The van der Waals surface area contributed by atoms with Crippen LogP contribution in [0.2, 0.25) is 0 Å². The Bertz CT molecular complexity index is 563. The minimum atomic E-state index is -0.700. The van der Waals surface area contributed by atoms with Gasteiger partial charge in [0, 0.05) is 12.1 Å². The van der Waals surface area contributed by atoms with Crippen molar-refractivity contribution < 1.29 is 9.90 Å². The van der Waals surface area contributed by atoms with E-state index in [0.29, 0.717) is 12.1 Å². The summed E-state index contributed by atoms with van der Waals surface area (Å²) < 4.78 is 0. The highest BCUT2D eigenvalue weighted by molar-refractivity contribution is 5.94. The van der Waals surface area contributed by atoms with Gasteiger partial charge in [0.2, 0.25) is 0 Å². The lowest BCUT2D eigenvalue weighted by atomic mass is 9.80. The van der Waals surface area contributed by atoms with Crippen LogP contribution in [0.1, 0.15) is 48.0 Å². The van der Waals surface area contributed by atoms with Crippen molar-refractivity contribution in [1.29, 1.82) is 5.26 Å². The van der Waals surface area contributed by atoms with Gasteiger partial charge >= 0.3 is 0 Å². The van der Waals surface area contributed by atoms with Crippen molar-refractivity contribution in [2.24, 2.45) is 0 Å². The Hall–Kier alpha value is -1.86. The van der Waals surface area contributed by atoms with Gasteiger partial charge in [-0.15, -0.1) is 0 Å². The molecule has 0 bridgehead atoms. The molecule has 0 saturated heterocycles. The minimum Gasteiger partial charge on any atom is -0.388 e. The van der Waals surface area contributed by atoms with Gasteiger partial charge in [-0.2, -0.15) is 5.26 Å². The van der Waals surface area contributed by atoms with E-state index in [1.165, 1.54) is 0 Å². The van der Waals surface area contributed by atoms with Crippen molar-refractivity contribution in [2.45, 2.75) is 43.1 Å². The van der Waals surface area contributed by atoms with Gasteiger partial charge in [0.1, 0.15) is 0 Å². The lowest BCUT2D eigenvalue weighted by molar-refractivity contribution is -0.0300. The Morgan fingerprint density at radius 3 is 2.35 bits per heavy atom. The van der Waals surface area contributed by atoms with E-state index in [0.717, 1.165) is 37.7 Å². The summed E-state index contributed by atoms with van der Waals surface area (Å²) in [5.41, 5.74) is 0.560. The van der Waals surface area contributed by atoms with Crippen LogP contribution in [0.15, 0.2) is 24.3 Å². The zero-order valence-electron chi connectivity index (χ0n) is 11.4. The second-order valence-corrected chi connectivity index (χ2v) is 6.03. The van der Waals surface area contributed by atoms with Crippen molar-refractivity contribution in [3.8, 4) is 6.07 Å². The van der Waals surface area contributed by atoms with Gasteiger partial charge in [0.25, 0.3) is 5.91 Å². The van der Waals surface area contributed by atoms with Crippen LogP contribution in [0, 0.1) is 11.3 Å². The van der Waals surface area contributed by atoms with Crippen molar-refractivity contribution >= 4 is 5.91 Å². The summed E-state index contributed by atoms with van der Waals surface area (Å²) in [6.07, 6.45) is 4.36. The summed E-state index contributed by atoms with van der Waals surface area (Å²) in [6.45, 7) is 0.315. The number of amides is 1. The molecule has 20 heavy (non-hydrogen) atoms. The predicted molar refractivity (Wildman–Crippen MR) is 74.1 cm³/mol. The van der Waals surface area contributed by atoms with Gasteiger partial charge < -0.3 is 10.4 Å². The van der Waals surface area contributed by atoms with Crippen LogP contribution in [-0.4, -0.2) is 23.2 Å². The molecule has 4 heteroatoms. The quantitative estimate of drug-likeness (QED) is 0.877. The molecule has 1 aromatic carbocycles. The molecule has 2 saturated carbocycles. The number of nitrogens with one attached hydrogen (secondary N) is 1. The van der Waals surface area contributed by atoms with Crippen LogP contribution in [0.3, 0.4) is 0 Å². The Labute approximate surface area is 118 Å². The van der Waals surface area contributed by atoms with Gasteiger partial charge in [-0.05, 0) is 49.8 Å². The number of nitrogens with zero attached hydrogens (tertiary/aromatic N) is 1. The third-order valence-electron chi connectivity index (χ3n) is 4.53. The summed E-state index contributed by atoms with van der Waals surface area (Å²) in [6, 6.07) is 9.59. The van der Waals surface area contributed by atoms with E-state index in [1.54, 1.807) is 12.1 Å². The van der Waals surface area contributed by atoms with E-state index < -0.39 is 5.60 Å². The number of nitriles is 1. The number of aliphatic hydroxyl groups is 1. The van der Waals surface area contributed by atoms with Gasteiger partial charge in [0.15, 0.2) is 0 Å². The number of hydrogen-bond donors (Lipinski definition) is 2. The van der Waals surface area contributed by atoms with E-state index in [-0.39, 0.29) is 11.3 Å². The van der Waals surface area contributed by atoms with Crippen molar-refractivity contribution in [2.75, 3.05) is 6.54 Å². The average molecular weight is 270 g/mol. The molecule has 0 aliphatic heterocycles. The molecular formula is C16H18N2O2. The molecule has 0 radical (unpaired) electrons. The summed E-state index contributed by atoms with van der Waals surface area (Å²) in [7, 11) is 0. The summed E-state index contributed by atoms with van der Waals surface area (Å²) in [5, 5.41) is 21.9. The topological polar surface area (TPSA) is 73.1 Å². The molecule has 0 aromatic heterocycles. The van der Waals surface area contributed by atoms with Gasteiger partial charge in [-0.25, -0.2) is 0 Å². The van der Waals surface area contributed by atoms with Crippen LogP contribution in [-0.2, 0) is 5.41 Å². The molecule has 104 valence electrons. The Morgan fingerprint density at radius 2 is 1.90 bits per heavy atom. The molecule has 1 aromatic rings. The minimum absolute atomic E-state index is 0.168. The number of benzene rings is 1. The fourth-order valence-corrected chi connectivity index (χ4v) is 2.64. The van der Waals surface area contributed by atoms with Crippen LogP contribution in [0.4, 0.5) is 0 Å². The first-order valence-corrected chi connectivity index (χ1v) is 7.09. The van der Waals surface area contributed by atoms with E-state index >= 15 is 0 Å². The second-order valence-electron chi connectivity index (χ2n) is 6.03. The van der Waals surface area contributed by atoms with E-state index in [1.807, 2.05) is 12.1 Å². The van der Waals surface area contributed by atoms with Gasteiger partial charge in [-0.3, -0.25) is 4.79 Å². The van der Waals surface area contributed by atoms with Crippen LogP contribution in [0.25, 0.3) is 0 Å². The molecular weight excluding hydrogens is 252 g/mol. The fourth-order valence-electron chi connectivity index (χ4n) is 2.64. The molecule has 0 atom stereocenters. The van der Waals surface area contributed by atoms with Crippen LogP contribution < -0.4 is 5.32 Å². The first-order valence-electron chi connectivity index (χ1n) is 7.09. The van der Waals surface area contributed by atoms with E-state index in [2.05, 4.69) is 11.4 Å². The van der Waals surface area contributed by atoms with E-state index in [4.69, 9.17) is 5.26 Å². The fraction of sp³-hybridized carbons (Fsp3) is 0.500. The molecule has 0 spiro atoms. The molecule has 2 N–H and O–H groups in total. The third kappa shape index (κ3) is 2.30. The largest absolute Gasteiger partial charge is 0.388 e. The van der Waals surface area contributed by atoms with E-state index in [9.17, 15) is 9.90 Å². The first kappa shape index (κ1) is 13.1. The highest BCUT2D eigenvalue weighted by Gasteiger charge is 2.44. The molecule has 2 fully saturated rings. The third-order valence-corrected chi connectivity index (χ3v) is 4.53. The van der Waals surface area contributed by atoms with Crippen LogP contribution >= 0.6 is 0 Å². The van der Waals surface area contributed by atoms with Gasteiger partial charge in [-0.1, -0.05) is 12.1 Å². The number of rotatable bonds is 4. The zero-order chi connectivity index (χ0) is 14.2. The lowest BCUT2D eigenvalue weighted by Gasteiger charge is -2.36. The highest BCUT2D eigenvalue weighted by Crippen LogP contribution is 2.47. The summed E-state index contributed by atoms with van der Waals surface area (Å²) >= 11 is 0. The summed E-state index contributed by atoms with van der Waals surface area (Å²) in [4.78, 5) is 12.0. The molecule has 0 heterocycles. The number of hydrogen-bond acceptors (Lipinski definition) is 3. The Kier molecular flexibility index (Phi) is 3.02. The lowest BCUT2D eigenvalue weighted by Crippen LogP contribution is -2.47. The smallest absolute Gasteiger partial charge is 0.251 e. The SMILES string of the molecule is N#CC1(c2ccc(C(=O)NCC3(O)CCC3)cc2)CC1. The maximum absolute atomic E-state index is 12.0. The molecule has 2 aliphatic rings. The molecule has 0 unspecified atom stereocenters. The normalized spacial score (nSPS) is 21.4. The van der Waals surface area contributed by atoms with Crippen LogP contribution in [0.5, 0.6) is 0 Å². The molecule has 1 amide bonds. The number of carbonyl (C=O) groups is 1. The molecule has 4 nitrogen and oxygen atoms in total. The molecule has 3 rings (SSSR count). The number of carbonyl (C=O) groups excluding carboxylic acids is 1. The maximum Gasteiger partial charge on any atom is 0.251 e. The van der Waals surface area contributed by atoms with Gasteiger partial charge in [0.05, 0.1) is 17.1 Å². The highest BCUT2D eigenvalue weighted by atomic mass is 16.3. The predicted octanol–water partition coefficient (Wildman–Crippen LogP) is 1.89. The Morgan fingerprint density at radius 1 is 1.25 bits per heavy atom. The van der Waals surface area contributed by atoms with Crippen molar-refractivity contribution in [1.82, 2.24) is 5.32 Å². The second kappa shape index (κ2) is 4.60.